The van der Waals surface area contributed by atoms with Gasteiger partial charge in [0.25, 0.3) is 0 Å². The van der Waals surface area contributed by atoms with E-state index in [0.29, 0.717) is 21.9 Å². The molecule has 4 atom stereocenters. The average Bonchev–Trinajstić information content (AvgIpc) is 3.36. The van der Waals surface area contributed by atoms with Crippen molar-refractivity contribution in [3.63, 3.8) is 0 Å². The van der Waals surface area contributed by atoms with E-state index in [0.717, 1.165) is 23.7 Å². The summed E-state index contributed by atoms with van der Waals surface area (Å²) in [6, 6.07) is 0. The molecule has 0 aromatic carbocycles. The van der Waals surface area contributed by atoms with Crippen molar-refractivity contribution < 1.29 is 0 Å². The number of unbranched alkanes of at least 4 members (excludes halogenated alkanes) is 9. The highest BCUT2D eigenvalue weighted by Crippen LogP contribution is 2.63. The minimum absolute atomic E-state index is 0.418. The van der Waals surface area contributed by atoms with Crippen molar-refractivity contribution in [2.24, 2.45) is 34.5 Å². The zero-order valence-electron chi connectivity index (χ0n) is 25.9. The maximum Gasteiger partial charge on any atom is 0.0260 e. The van der Waals surface area contributed by atoms with Gasteiger partial charge in [0.05, 0.1) is 0 Å². The SMILES string of the molecule is CN(CCCCCCCCCCCCN(C)[C@@]1(C)[C@@H]2CC[C@H](C2)C1(C)C)[C@@]1(C)C2CC(C2)CC1(C)C. The molecular formula is C34H64N2. The Morgan fingerprint density at radius 1 is 0.528 bits per heavy atom. The standard InChI is InChI=1S/C34H64N2/c1-31(2)26-27-23-30(24-27)33(31,5)35(7)21-17-15-13-11-9-10-12-14-16-18-22-36(8)34(6)29-20-19-28(25-29)32(34,3)4/h27-30H,9-26H2,1-8H3/t27?,28-,29-,30?,33+,34+/m1/s1. The molecule has 0 spiro atoms. The molecule has 0 heterocycles. The molecular weight excluding hydrogens is 436 g/mol. The summed E-state index contributed by atoms with van der Waals surface area (Å²) in [6.45, 7) is 18.0. The van der Waals surface area contributed by atoms with Crippen molar-refractivity contribution in [3.8, 4) is 0 Å². The monoisotopic (exact) mass is 501 g/mol. The normalized spacial score (nSPS) is 38.2. The van der Waals surface area contributed by atoms with Crippen LogP contribution in [0.15, 0.2) is 0 Å². The van der Waals surface area contributed by atoms with Gasteiger partial charge in [-0.25, -0.2) is 0 Å². The molecule has 0 aromatic rings. The summed E-state index contributed by atoms with van der Waals surface area (Å²) in [5.41, 5.74) is 1.81. The van der Waals surface area contributed by atoms with E-state index in [1.54, 1.807) is 0 Å². The lowest BCUT2D eigenvalue weighted by molar-refractivity contribution is -0.143. The Morgan fingerprint density at radius 2 is 0.972 bits per heavy atom. The molecule has 4 bridgehead atoms. The molecule has 2 nitrogen and oxygen atoms in total. The molecule has 0 unspecified atom stereocenters. The molecule has 0 radical (unpaired) electrons. The van der Waals surface area contributed by atoms with Crippen LogP contribution in [0.4, 0.5) is 0 Å². The Bertz CT molecular complexity index is 686. The van der Waals surface area contributed by atoms with Gasteiger partial charge in [0.2, 0.25) is 0 Å². The van der Waals surface area contributed by atoms with Gasteiger partial charge in [-0.3, -0.25) is 0 Å². The maximum absolute atomic E-state index is 2.77. The summed E-state index contributed by atoms with van der Waals surface area (Å²) in [7, 11) is 4.86. The summed E-state index contributed by atoms with van der Waals surface area (Å²) < 4.78 is 0. The van der Waals surface area contributed by atoms with Crippen LogP contribution in [0.2, 0.25) is 0 Å². The lowest BCUT2D eigenvalue weighted by Crippen LogP contribution is -2.66. The summed E-state index contributed by atoms with van der Waals surface area (Å²) in [4.78, 5) is 5.54. The van der Waals surface area contributed by atoms with Crippen LogP contribution in [0.3, 0.4) is 0 Å². The van der Waals surface area contributed by atoms with E-state index in [9.17, 15) is 0 Å². The predicted molar refractivity (Wildman–Crippen MR) is 157 cm³/mol. The zero-order valence-corrected chi connectivity index (χ0v) is 25.9. The highest BCUT2D eigenvalue weighted by molar-refractivity contribution is 5.14. The maximum atomic E-state index is 2.77. The van der Waals surface area contributed by atoms with Gasteiger partial charge in [0.1, 0.15) is 0 Å². The largest absolute Gasteiger partial charge is 0.300 e. The first-order chi connectivity index (χ1) is 16.9. The fraction of sp³-hybridized carbons (Fsp3) is 1.00. The predicted octanol–water partition coefficient (Wildman–Crippen LogP) is 9.18. The fourth-order valence-electron chi connectivity index (χ4n) is 10.1. The van der Waals surface area contributed by atoms with E-state index in [4.69, 9.17) is 0 Å². The Labute approximate surface area is 226 Å². The second kappa shape index (κ2) is 11.2. The van der Waals surface area contributed by atoms with E-state index in [1.807, 2.05) is 0 Å². The van der Waals surface area contributed by atoms with Crippen molar-refractivity contribution in [2.45, 2.75) is 155 Å². The van der Waals surface area contributed by atoms with Crippen LogP contribution in [0, 0.1) is 34.5 Å². The lowest BCUT2D eigenvalue weighted by atomic mass is 9.46. The Kier molecular flexibility index (Phi) is 8.99. The van der Waals surface area contributed by atoms with E-state index < -0.39 is 0 Å². The van der Waals surface area contributed by atoms with E-state index >= 15 is 0 Å². The first-order valence-corrected chi connectivity index (χ1v) is 16.4. The first kappa shape index (κ1) is 28.9. The molecule has 5 aliphatic rings. The van der Waals surface area contributed by atoms with E-state index in [1.165, 1.54) is 116 Å². The second-order valence-electron chi connectivity index (χ2n) is 15.7. The molecule has 0 aliphatic heterocycles. The van der Waals surface area contributed by atoms with Crippen LogP contribution in [-0.4, -0.2) is 48.1 Å². The zero-order chi connectivity index (χ0) is 26.2. The van der Waals surface area contributed by atoms with Crippen molar-refractivity contribution in [2.75, 3.05) is 27.2 Å². The van der Waals surface area contributed by atoms with Gasteiger partial charge >= 0.3 is 0 Å². The molecule has 2 heteroatoms. The number of hydrogen-bond acceptors (Lipinski definition) is 2. The van der Waals surface area contributed by atoms with Gasteiger partial charge in [-0.2, -0.15) is 0 Å². The number of fused-ring (bicyclic) bond motifs is 4. The smallest absolute Gasteiger partial charge is 0.0260 e. The third kappa shape index (κ3) is 5.10. The fourth-order valence-corrected chi connectivity index (χ4v) is 10.1. The third-order valence-corrected chi connectivity index (χ3v) is 13.6. The van der Waals surface area contributed by atoms with Crippen LogP contribution in [0.25, 0.3) is 0 Å². The molecule has 5 rings (SSSR count). The third-order valence-electron chi connectivity index (χ3n) is 13.6. The average molecular weight is 501 g/mol. The topological polar surface area (TPSA) is 6.48 Å². The van der Waals surface area contributed by atoms with Crippen LogP contribution < -0.4 is 0 Å². The quantitative estimate of drug-likeness (QED) is 0.207. The highest BCUT2D eigenvalue weighted by Gasteiger charge is 2.62. The number of rotatable bonds is 15. The Balaban J connectivity index is 0.994. The Hall–Kier alpha value is -0.0800. The summed E-state index contributed by atoms with van der Waals surface area (Å²) in [5.74, 6) is 3.89. The molecule has 5 fully saturated rings. The van der Waals surface area contributed by atoms with Crippen molar-refractivity contribution >= 4 is 0 Å². The molecule has 0 amide bonds. The van der Waals surface area contributed by atoms with Crippen molar-refractivity contribution in [1.29, 1.82) is 0 Å². The molecule has 210 valence electrons. The minimum Gasteiger partial charge on any atom is -0.300 e. The van der Waals surface area contributed by atoms with Crippen LogP contribution in [0.1, 0.15) is 144 Å². The highest BCUT2D eigenvalue weighted by atomic mass is 15.2. The van der Waals surface area contributed by atoms with Crippen molar-refractivity contribution in [3.05, 3.63) is 0 Å². The van der Waals surface area contributed by atoms with Gasteiger partial charge in [-0.15, -0.1) is 0 Å². The van der Waals surface area contributed by atoms with Crippen molar-refractivity contribution in [1.82, 2.24) is 9.80 Å². The summed E-state index contributed by atoms with van der Waals surface area (Å²) >= 11 is 0. The van der Waals surface area contributed by atoms with Crippen LogP contribution in [-0.2, 0) is 0 Å². The molecule has 0 N–H and O–H groups in total. The van der Waals surface area contributed by atoms with Gasteiger partial charge in [0, 0.05) is 11.1 Å². The lowest BCUT2D eigenvalue weighted by Gasteiger charge is -2.65. The van der Waals surface area contributed by atoms with Crippen LogP contribution in [0.5, 0.6) is 0 Å². The Morgan fingerprint density at radius 3 is 1.42 bits per heavy atom. The van der Waals surface area contributed by atoms with Crippen LogP contribution >= 0.6 is 0 Å². The van der Waals surface area contributed by atoms with E-state index in [2.05, 4.69) is 65.4 Å². The second-order valence-corrected chi connectivity index (χ2v) is 15.7. The molecule has 5 saturated carbocycles. The number of nitrogens with zero attached hydrogens (tertiary/aromatic N) is 2. The molecule has 0 saturated heterocycles. The summed E-state index contributed by atoms with van der Waals surface area (Å²) in [6.07, 6.45) is 23.2. The van der Waals surface area contributed by atoms with E-state index in [-0.39, 0.29) is 0 Å². The van der Waals surface area contributed by atoms with Gasteiger partial charge < -0.3 is 9.80 Å². The number of hydrogen-bond donors (Lipinski definition) is 0. The first-order valence-electron chi connectivity index (χ1n) is 16.4. The minimum atomic E-state index is 0.418. The molecule has 0 aromatic heterocycles. The molecule has 36 heavy (non-hydrogen) atoms. The summed E-state index contributed by atoms with van der Waals surface area (Å²) in [5, 5.41) is 0. The van der Waals surface area contributed by atoms with Gasteiger partial charge in [-0.05, 0) is 127 Å². The van der Waals surface area contributed by atoms with Gasteiger partial charge in [-0.1, -0.05) is 79.1 Å². The molecule has 5 aliphatic carbocycles. The van der Waals surface area contributed by atoms with Gasteiger partial charge in [0.15, 0.2) is 0 Å².